The molecule has 2 rings (SSSR count). The fraction of sp³-hybridized carbons (Fsp3) is 0.650. The van der Waals surface area contributed by atoms with Gasteiger partial charge in [0, 0.05) is 26.7 Å². The maximum absolute atomic E-state index is 11.8. The third-order valence-electron chi connectivity index (χ3n) is 4.45. The Morgan fingerprint density at radius 1 is 1.15 bits per heavy atom. The highest BCUT2D eigenvalue weighted by Gasteiger charge is 2.21. The van der Waals surface area contributed by atoms with Crippen LogP contribution in [0.5, 0.6) is 11.5 Å². The molecule has 1 saturated heterocycles. The van der Waals surface area contributed by atoms with Gasteiger partial charge in [-0.05, 0) is 43.0 Å². The van der Waals surface area contributed by atoms with Crippen LogP contribution in [-0.4, -0.2) is 56.2 Å². The maximum Gasteiger partial charge on any atom is 0.414 e. The summed E-state index contributed by atoms with van der Waals surface area (Å²) in [4.78, 5) is 15.6. The highest BCUT2D eigenvalue weighted by molar-refractivity contribution is 5.85. The second kappa shape index (κ2) is 10.0. The summed E-state index contributed by atoms with van der Waals surface area (Å²) in [6.45, 7) is 10.4. The molecule has 0 aliphatic carbocycles. The number of hydrogen-bond donors (Lipinski definition) is 0. The molecule has 0 spiro atoms. The number of piperidine rings is 1. The van der Waals surface area contributed by atoms with Gasteiger partial charge in [-0.1, -0.05) is 33.3 Å². The van der Waals surface area contributed by atoms with Crippen LogP contribution < -0.4 is 9.47 Å². The van der Waals surface area contributed by atoms with Crippen LogP contribution in [0.15, 0.2) is 18.2 Å². The molecule has 1 aromatic carbocycles. The monoisotopic (exact) mass is 384 g/mol. The van der Waals surface area contributed by atoms with Crippen LogP contribution in [0.3, 0.4) is 0 Å². The summed E-state index contributed by atoms with van der Waals surface area (Å²) in [5.74, 6) is 1.31. The minimum Gasteiger partial charge on any atom is -0.492 e. The topological polar surface area (TPSA) is 42.0 Å². The Morgan fingerprint density at radius 2 is 1.81 bits per heavy atom. The highest BCUT2D eigenvalue weighted by Crippen LogP contribution is 2.34. The second-order valence-corrected chi connectivity index (χ2v) is 7.92. The smallest absolute Gasteiger partial charge is 0.414 e. The quantitative estimate of drug-likeness (QED) is 0.757. The van der Waals surface area contributed by atoms with Crippen molar-refractivity contribution < 1.29 is 14.3 Å². The molecule has 1 aliphatic rings. The molecule has 1 fully saturated rings. The molecule has 6 heteroatoms. The number of likely N-dealkylation sites (tertiary alicyclic amines) is 1. The predicted octanol–water partition coefficient (Wildman–Crippen LogP) is 4.33. The van der Waals surface area contributed by atoms with Crippen LogP contribution in [-0.2, 0) is 5.41 Å². The van der Waals surface area contributed by atoms with Crippen molar-refractivity contribution in [2.24, 2.45) is 0 Å². The van der Waals surface area contributed by atoms with Crippen molar-refractivity contribution in [3.05, 3.63) is 23.8 Å². The lowest BCUT2D eigenvalue weighted by molar-refractivity contribution is 0.171. The number of amides is 1. The van der Waals surface area contributed by atoms with Crippen LogP contribution >= 0.6 is 12.4 Å². The van der Waals surface area contributed by atoms with Crippen molar-refractivity contribution in [1.29, 1.82) is 0 Å². The molecule has 0 aromatic heterocycles. The Hall–Kier alpha value is -1.46. The molecule has 0 bridgehead atoms. The molecule has 26 heavy (non-hydrogen) atoms. The summed E-state index contributed by atoms with van der Waals surface area (Å²) in [6.07, 6.45) is 3.51. The van der Waals surface area contributed by atoms with Crippen molar-refractivity contribution in [2.45, 2.75) is 45.4 Å². The Morgan fingerprint density at radius 3 is 2.38 bits per heavy atom. The van der Waals surface area contributed by atoms with Gasteiger partial charge in [0.1, 0.15) is 18.1 Å². The van der Waals surface area contributed by atoms with Gasteiger partial charge >= 0.3 is 6.09 Å². The van der Waals surface area contributed by atoms with Crippen LogP contribution in [0.2, 0.25) is 0 Å². The van der Waals surface area contributed by atoms with E-state index < -0.39 is 0 Å². The minimum atomic E-state index is -0.386. The van der Waals surface area contributed by atoms with E-state index >= 15 is 0 Å². The summed E-state index contributed by atoms with van der Waals surface area (Å²) in [5, 5.41) is 0. The zero-order chi connectivity index (χ0) is 18.4. The van der Waals surface area contributed by atoms with E-state index in [1.807, 2.05) is 18.2 Å². The molecule has 1 aromatic rings. The van der Waals surface area contributed by atoms with Crippen molar-refractivity contribution in [2.75, 3.05) is 40.3 Å². The molecular weight excluding hydrogens is 352 g/mol. The third kappa shape index (κ3) is 6.69. The molecular formula is C20H33ClN2O3. The molecule has 1 aliphatic heterocycles. The van der Waals surface area contributed by atoms with Gasteiger partial charge in [0.05, 0.1) is 0 Å². The van der Waals surface area contributed by atoms with Gasteiger partial charge in [0.15, 0.2) is 0 Å². The van der Waals surface area contributed by atoms with E-state index in [1.54, 1.807) is 14.1 Å². The summed E-state index contributed by atoms with van der Waals surface area (Å²) in [5.41, 5.74) is 1.08. The molecule has 0 saturated carbocycles. The molecule has 0 N–H and O–H groups in total. The van der Waals surface area contributed by atoms with Gasteiger partial charge in [-0.15, -0.1) is 12.4 Å². The number of nitrogens with zero attached hydrogens (tertiary/aromatic N) is 2. The normalized spacial score (nSPS) is 15.1. The first-order valence-corrected chi connectivity index (χ1v) is 9.16. The van der Waals surface area contributed by atoms with Crippen LogP contribution in [0.1, 0.15) is 45.6 Å². The van der Waals surface area contributed by atoms with Gasteiger partial charge in [0.2, 0.25) is 0 Å². The molecule has 0 atom stereocenters. The standard InChI is InChI=1S/C20H32N2O3.ClH/c1-20(2,3)17-10-9-16(25-19(23)21(4)5)15-18(17)24-14-13-22-11-7-6-8-12-22;/h9-10,15H,6-8,11-14H2,1-5H3;1H. The first-order valence-electron chi connectivity index (χ1n) is 9.16. The number of rotatable bonds is 5. The zero-order valence-electron chi connectivity index (χ0n) is 16.7. The number of ether oxygens (including phenoxy) is 2. The molecule has 0 unspecified atom stereocenters. The van der Waals surface area contributed by atoms with Crippen molar-refractivity contribution >= 4 is 18.5 Å². The molecule has 0 radical (unpaired) electrons. The molecule has 1 heterocycles. The Labute approximate surface area is 164 Å². The number of carbonyl (C=O) groups excluding carboxylic acids is 1. The van der Waals surface area contributed by atoms with E-state index in [0.29, 0.717) is 12.4 Å². The maximum atomic E-state index is 11.8. The van der Waals surface area contributed by atoms with E-state index in [1.165, 1.54) is 24.2 Å². The predicted molar refractivity (Wildman–Crippen MR) is 108 cm³/mol. The van der Waals surface area contributed by atoms with E-state index in [9.17, 15) is 4.79 Å². The van der Waals surface area contributed by atoms with Crippen molar-refractivity contribution in [3.8, 4) is 11.5 Å². The largest absolute Gasteiger partial charge is 0.492 e. The fourth-order valence-electron chi connectivity index (χ4n) is 2.96. The third-order valence-corrected chi connectivity index (χ3v) is 4.45. The summed E-state index contributed by atoms with van der Waals surface area (Å²) in [6, 6.07) is 5.66. The van der Waals surface area contributed by atoms with Crippen LogP contribution in [0, 0.1) is 0 Å². The molecule has 1 amide bonds. The second-order valence-electron chi connectivity index (χ2n) is 7.92. The number of benzene rings is 1. The first kappa shape index (κ1) is 22.6. The van der Waals surface area contributed by atoms with Crippen molar-refractivity contribution in [1.82, 2.24) is 9.80 Å². The van der Waals surface area contributed by atoms with Gasteiger partial charge < -0.3 is 14.4 Å². The first-order chi connectivity index (χ1) is 11.8. The van der Waals surface area contributed by atoms with E-state index in [2.05, 4.69) is 25.7 Å². The average Bonchev–Trinajstić information content (AvgIpc) is 2.55. The van der Waals surface area contributed by atoms with E-state index in [-0.39, 0.29) is 23.9 Å². The lowest BCUT2D eigenvalue weighted by Crippen LogP contribution is -2.33. The van der Waals surface area contributed by atoms with Gasteiger partial charge in [0.25, 0.3) is 0 Å². The van der Waals surface area contributed by atoms with E-state index in [4.69, 9.17) is 9.47 Å². The number of halogens is 1. The van der Waals surface area contributed by atoms with Crippen LogP contribution in [0.25, 0.3) is 0 Å². The Balaban J connectivity index is 0.00000338. The summed E-state index contributed by atoms with van der Waals surface area (Å²) < 4.78 is 11.5. The summed E-state index contributed by atoms with van der Waals surface area (Å²) in [7, 11) is 3.34. The van der Waals surface area contributed by atoms with Crippen molar-refractivity contribution in [3.63, 3.8) is 0 Å². The fourth-order valence-corrected chi connectivity index (χ4v) is 2.96. The SMILES string of the molecule is CN(C)C(=O)Oc1ccc(C(C)(C)C)c(OCCN2CCCCC2)c1.Cl. The lowest BCUT2D eigenvalue weighted by Gasteiger charge is -2.27. The molecule has 148 valence electrons. The Bertz CT molecular complexity index is 579. The van der Waals surface area contributed by atoms with Gasteiger partial charge in [-0.3, -0.25) is 4.90 Å². The van der Waals surface area contributed by atoms with Gasteiger partial charge in [-0.2, -0.15) is 0 Å². The minimum absolute atomic E-state index is 0. The van der Waals surface area contributed by atoms with Crippen LogP contribution in [0.4, 0.5) is 4.79 Å². The van der Waals surface area contributed by atoms with E-state index in [0.717, 1.165) is 30.9 Å². The Kier molecular flexibility index (Phi) is 8.71. The number of hydrogen-bond acceptors (Lipinski definition) is 4. The number of carbonyl (C=O) groups is 1. The zero-order valence-corrected chi connectivity index (χ0v) is 17.5. The molecule has 5 nitrogen and oxygen atoms in total. The lowest BCUT2D eigenvalue weighted by atomic mass is 9.86. The average molecular weight is 385 g/mol. The summed E-state index contributed by atoms with van der Waals surface area (Å²) >= 11 is 0. The highest BCUT2D eigenvalue weighted by atomic mass is 35.5. The van der Waals surface area contributed by atoms with Gasteiger partial charge in [-0.25, -0.2) is 4.79 Å².